The maximum atomic E-state index is 9.47. The molecule has 0 unspecified atom stereocenters. The van der Waals surface area contributed by atoms with Gasteiger partial charge in [-0.25, -0.2) is 0 Å². The largest absolute Gasteiger partial charge is 0.507 e. The molecule has 0 fully saturated rings. The number of hydrogen-bond acceptors (Lipinski definition) is 3. The number of benzene rings is 1. The standard InChI is InChI=1S/C12H16ClNO2/c1-9(2)5-6-16-14-8-10-7-11(13)3-4-12(10)15/h3-4,7-9,15H,5-6H2,1-2H3. The number of halogens is 1. The van der Waals surface area contributed by atoms with Crippen molar-refractivity contribution in [2.24, 2.45) is 11.1 Å². The fraction of sp³-hybridized carbons (Fsp3) is 0.417. The number of phenolic OH excluding ortho intramolecular Hbond substituents is 1. The first-order chi connectivity index (χ1) is 7.59. The average molecular weight is 242 g/mol. The zero-order chi connectivity index (χ0) is 12.0. The molecule has 0 amide bonds. The molecule has 0 spiro atoms. The molecular weight excluding hydrogens is 226 g/mol. The molecule has 0 radical (unpaired) electrons. The first kappa shape index (κ1) is 12.8. The Hall–Kier alpha value is -1.22. The highest BCUT2D eigenvalue weighted by Gasteiger charge is 1.99. The predicted molar refractivity (Wildman–Crippen MR) is 66.1 cm³/mol. The van der Waals surface area contributed by atoms with E-state index in [2.05, 4.69) is 19.0 Å². The highest BCUT2D eigenvalue weighted by atomic mass is 35.5. The van der Waals surface area contributed by atoms with Crippen molar-refractivity contribution in [1.82, 2.24) is 0 Å². The third kappa shape index (κ3) is 4.53. The van der Waals surface area contributed by atoms with E-state index >= 15 is 0 Å². The summed E-state index contributed by atoms with van der Waals surface area (Å²) in [7, 11) is 0. The van der Waals surface area contributed by atoms with Gasteiger partial charge in [0.05, 0.1) is 6.21 Å². The van der Waals surface area contributed by atoms with E-state index in [1.165, 1.54) is 12.3 Å². The van der Waals surface area contributed by atoms with Crippen LogP contribution in [0.25, 0.3) is 0 Å². The fourth-order valence-corrected chi connectivity index (χ4v) is 1.24. The van der Waals surface area contributed by atoms with Gasteiger partial charge in [0.15, 0.2) is 0 Å². The van der Waals surface area contributed by atoms with Gasteiger partial charge < -0.3 is 9.94 Å². The van der Waals surface area contributed by atoms with Gasteiger partial charge in [0.2, 0.25) is 0 Å². The lowest BCUT2D eigenvalue weighted by Crippen LogP contribution is -1.95. The van der Waals surface area contributed by atoms with Gasteiger partial charge in [0.25, 0.3) is 0 Å². The van der Waals surface area contributed by atoms with E-state index in [0.717, 1.165) is 6.42 Å². The Morgan fingerprint density at radius 2 is 2.25 bits per heavy atom. The van der Waals surface area contributed by atoms with E-state index in [-0.39, 0.29) is 5.75 Å². The Kier molecular flexibility index (Phi) is 5.12. The molecule has 3 nitrogen and oxygen atoms in total. The van der Waals surface area contributed by atoms with Crippen LogP contribution in [0.4, 0.5) is 0 Å². The van der Waals surface area contributed by atoms with E-state index in [4.69, 9.17) is 16.4 Å². The second-order valence-corrected chi connectivity index (χ2v) is 4.39. The predicted octanol–water partition coefficient (Wildman–Crippen LogP) is 3.44. The SMILES string of the molecule is CC(C)CCON=Cc1cc(Cl)ccc1O. The van der Waals surface area contributed by atoms with Crippen LogP contribution in [0.15, 0.2) is 23.4 Å². The van der Waals surface area contributed by atoms with Crippen molar-refractivity contribution in [3.8, 4) is 5.75 Å². The zero-order valence-electron chi connectivity index (χ0n) is 9.48. The maximum Gasteiger partial charge on any atom is 0.124 e. The third-order valence-electron chi connectivity index (χ3n) is 2.04. The second kappa shape index (κ2) is 6.38. The topological polar surface area (TPSA) is 41.8 Å². The highest BCUT2D eigenvalue weighted by molar-refractivity contribution is 6.30. The van der Waals surface area contributed by atoms with E-state index < -0.39 is 0 Å². The molecule has 1 aromatic rings. The molecule has 88 valence electrons. The van der Waals surface area contributed by atoms with Gasteiger partial charge in [0.1, 0.15) is 12.4 Å². The summed E-state index contributed by atoms with van der Waals surface area (Å²) >= 11 is 5.78. The van der Waals surface area contributed by atoms with Crippen molar-refractivity contribution in [3.63, 3.8) is 0 Å². The summed E-state index contributed by atoms with van der Waals surface area (Å²) in [6.45, 7) is 4.82. The van der Waals surface area contributed by atoms with E-state index in [1.54, 1.807) is 12.1 Å². The highest BCUT2D eigenvalue weighted by Crippen LogP contribution is 2.19. The number of aromatic hydroxyl groups is 1. The average Bonchev–Trinajstić information content (AvgIpc) is 2.22. The number of oxime groups is 1. The summed E-state index contributed by atoms with van der Waals surface area (Å²) in [6.07, 6.45) is 2.42. The third-order valence-corrected chi connectivity index (χ3v) is 2.28. The van der Waals surface area contributed by atoms with Crippen LogP contribution >= 0.6 is 11.6 Å². The molecule has 0 aliphatic carbocycles. The van der Waals surface area contributed by atoms with Crippen LogP contribution in [-0.4, -0.2) is 17.9 Å². The van der Waals surface area contributed by atoms with Crippen molar-refractivity contribution in [2.45, 2.75) is 20.3 Å². The summed E-state index contributed by atoms with van der Waals surface area (Å²) in [5.74, 6) is 0.732. The molecule has 0 aliphatic heterocycles. The molecule has 0 heterocycles. The van der Waals surface area contributed by atoms with Crippen molar-refractivity contribution in [3.05, 3.63) is 28.8 Å². The minimum absolute atomic E-state index is 0.139. The molecule has 0 saturated carbocycles. The van der Waals surface area contributed by atoms with E-state index in [9.17, 15) is 5.11 Å². The lowest BCUT2D eigenvalue weighted by molar-refractivity contribution is 0.134. The lowest BCUT2D eigenvalue weighted by Gasteiger charge is -2.02. The molecule has 1 aromatic carbocycles. The first-order valence-electron chi connectivity index (χ1n) is 5.23. The first-order valence-corrected chi connectivity index (χ1v) is 5.61. The van der Waals surface area contributed by atoms with E-state index in [0.29, 0.717) is 23.1 Å². The zero-order valence-corrected chi connectivity index (χ0v) is 10.2. The Balaban J connectivity index is 2.46. The van der Waals surface area contributed by atoms with Crippen molar-refractivity contribution >= 4 is 17.8 Å². The van der Waals surface area contributed by atoms with Crippen LogP contribution in [0.2, 0.25) is 5.02 Å². The number of hydrogen-bond donors (Lipinski definition) is 1. The molecular formula is C12H16ClNO2. The normalized spacial score (nSPS) is 11.2. The number of rotatable bonds is 5. The van der Waals surface area contributed by atoms with E-state index in [1.807, 2.05) is 0 Å². The van der Waals surface area contributed by atoms with Gasteiger partial charge in [-0.05, 0) is 30.5 Å². The van der Waals surface area contributed by atoms with Crippen LogP contribution in [0.3, 0.4) is 0 Å². The van der Waals surface area contributed by atoms with Gasteiger partial charge in [-0.15, -0.1) is 0 Å². The molecule has 0 aliphatic rings. The minimum atomic E-state index is 0.139. The molecule has 0 saturated heterocycles. The second-order valence-electron chi connectivity index (χ2n) is 3.95. The summed E-state index contributed by atoms with van der Waals surface area (Å²) < 4.78 is 0. The molecule has 0 atom stereocenters. The Morgan fingerprint density at radius 1 is 1.50 bits per heavy atom. The fourth-order valence-electron chi connectivity index (χ4n) is 1.06. The van der Waals surface area contributed by atoms with Crippen LogP contribution < -0.4 is 0 Å². The van der Waals surface area contributed by atoms with Crippen molar-refractivity contribution < 1.29 is 9.94 Å². The van der Waals surface area contributed by atoms with Gasteiger partial charge in [-0.3, -0.25) is 0 Å². The monoisotopic (exact) mass is 241 g/mol. The minimum Gasteiger partial charge on any atom is -0.507 e. The Bertz CT molecular complexity index is 364. The maximum absolute atomic E-state index is 9.47. The Labute approximate surface area is 101 Å². The van der Waals surface area contributed by atoms with Gasteiger partial charge >= 0.3 is 0 Å². The van der Waals surface area contributed by atoms with Crippen molar-refractivity contribution in [2.75, 3.05) is 6.61 Å². The van der Waals surface area contributed by atoms with Gasteiger partial charge in [0, 0.05) is 10.6 Å². The van der Waals surface area contributed by atoms with Crippen LogP contribution in [0.5, 0.6) is 5.75 Å². The number of nitrogens with zero attached hydrogens (tertiary/aromatic N) is 1. The molecule has 0 bridgehead atoms. The molecule has 4 heteroatoms. The van der Waals surface area contributed by atoms with Gasteiger partial charge in [-0.2, -0.15) is 0 Å². The summed E-state index contributed by atoms with van der Waals surface area (Å²) in [6, 6.07) is 4.78. The van der Waals surface area contributed by atoms with Crippen molar-refractivity contribution in [1.29, 1.82) is 0 Å². The van der Waals surface area contributed by atoms with Gasteiger partial charge in [-0.1, -0.05) is 30.6 Å². The number of phenols is 1. The van der Waals surface area contributed by atoms with Crippen LogP contribution in [0, 0.1) is 5.92 Å². The molecule has 1 N–H and O–H groups in total. The molecule has 16 heavy (non-hydrogen) atoms. The summed E-state index contributed by atoms with van der Waals surface area (Å²) in [4.78, 5) is 5.06. The van der Waals surface area contributed by atoms with Crippen LogP contribution in [-0.2, 0) is 4.84 Å². The lowest BCUT2D eigenvalue weighted by atomic mass is 10.1. The summed E-state index contributed by atoms with van der Waals surface area (Å²) in [5.41, 5.74) is 0.553. The molecule has 1 rings (SSSR count). The van der Waals surface area contributed by atoms with Crippen LogP contribution in [0.1, 0.15) is 25.8 Å². The quantitative estimate of drug-likeness (QED) is 0.487. The summed E-state index contributed by atoms with van der Waals surface area (Å²) in [5, 5.41) is 13.8. The Morgan fingerprint density at radius 3 is 2.94 bits per heavy atom. The molecule has 0 aromatic heterocycles. The smallest absolute Gasteiger partial charge is 0.124 e.